The zero-order valence-electron chi connectivity index (χ0n) is 12.6. The monoisotopic (exact) mass is 279 g/mol. The van der Waals surface area contributed by atoms with Gasteiger partial charge in [-0.15, -0.1) is 0 Å². The zero-order chi connectivity index (χ0) is 14.8. The molecule has 20 heavy (non-hydrogen) atoms. The van der Waals surface area contributed by atoms with Gasteiger partial charge in [0.05, 0.1) is 19.6 Å². The van der Waals surface area contributed by atoms with Crippen LogP contribution in [-0.2, 0) is 20.9 Å². The van der Waals surface area contributed by atoms with Gasteiger partial charge >= 0.3 is 5.97 Å². The summed E-state index contributed by atoms with van der Waals surface area (Å²) in [4.78, 5) is 11.4. The summed E-state index contributed by atoms with van der Waals surface area (Å²) in [5, 5.41) is 3.16. The Morgan fingerprint density at radius 2 is 1.85 bits per heavy atom. The Balaban J connectivity index is 1.96. The molecule has 4 nitrogen and oxygen atoms in total. The third-order valence-electron chi connectivity index (χ3n) is 2.46. The third kappa shape index (κ3) is 8.67. The van der Waals surface area contributed by atoms with E-state index in [1.165, 1.54) is 5.56 Å². The van der Waals surface area contributed by atoms with Gasteiger partial charge in [-0.3, -0.25) is 4.79 Å². The van der Waals surface area contributed by atoms with Crippen LogP contribution in [0.25, 0.3) is 0 Å². The first-order chi connectivity index (χ1) is 9.47. The van der Waals surface area contributed by atoms with Crippen molar-refractivity contribution < 1.29 is 14.3 Å². The number of carbonyl (C=O) groups is 1. The summed E-state index contributed by atoms with van der Waals surface area (Å²) in [6.45, 7) is 8.21. The van der Waals surface area contributed by atoms with E-state index in [9.17, 15) is 4.79 Å². The number of carbonyl (C=O) groups excluding carboxylic acids is 1. The lowest BCUT2D eigenvalue weighted by molar-refractivity contribution is -0.154. The van der Waals surface area contributed by atoms with E-state index in [1.807, 2.05) is 51.1 Å². The van der Waals surface area contributed by atoms with Crippen LogP contribution >= 0.6 is 0 Å². The predicted octanol–water partition coefficient (Wildman–Crippen LogP) is 2.52. The van der Waals surface area contributed by atoms with Gasteiger partial charge in [0.1, 0.15) is 5.60 Å². The van der Waals surface area contributed by atoms with E-state index in [4.69, 9.17) is 9.47 Å². The molecule has 1 aromatic rings. The Labute approximate surface area is 121 Å². The highest BCUT2D eigenvalue weighted by atomic mass is 16.6. The maximum Gasteiger partial charge on any atom is 0.307 e. The van der Waals surface area contributed by atoms with E-state index >= 15 is 0 Å². The summed E-state index contributed by atoms with van der Waals surface area (Å²) in [6.07, 6.45) is 0.385. The molecule has 0 aliphatic carbocycles. The average Bonchev–Trinajstić information content (AvgIpc) is 2.37. The van der Waals surface area contributed by atoms with Gasteiger partial charge in [0.25, 0.3) is 0 Å². The van der Waals surface area contributed by atoms with Gasteiger partial charge in [-0.05, 0) is 26.3 Å². The number of ether oxygens (including phenoxy) is 2. The van der Waals surface area contributed by atoms with Gasteiger partial charge in [0.15, 0.2) is 0 Å². The minimum atomic E-state index is -0.407. The molecule has 1 N–H and O–H groups in total. The van der Waals surface area contributed by atoms with Gasteiger partial charge in [0.2, 0.25) is 0 Å². The molecule has 0 radical (unpaired) electrons. The quantitative estimate of drug-likeness (QED) is 0.587. The van der Waals surface area contributed by atoms with Crippen molar-refractivity contribution in [3.05, 3.63) is 35.9 Å². The summed E-state index contributed by atoms with van der Waals surface area (Å²) < 4.78 is 10.7. The van der Waals surface area contributed by atoms with Crippen molar-refractivity contribution in [2.24, 2.45) is 0 Å². The van der Waals surface area contributed by atoms with Gasteiger partial charge in [0, 0.05) is 13.1 Å². The first kappa shape index (κ1) is 16.7. The van der Waals surface area contributed by atoms with Crippen LogP contribution in [0.15, 0.2) is 30.3 Å². The van der Waals surface area contributed by atoms with Crippen molar-refractivity contribution in [1.82, 2.24) is 5.32 Å². The van der Waals surface area contributed by atoms with Crippen molar-refractivity contribution in [2.45, 2.75) is 39.4 Å². The average molecular weight is 279 g/mol. The van der Waals surface area contributed by atoms with E-state index < -0.39 is 5.60 Å². The zero-order valence-corrected chi connectivity index (χ0v) is 12.6. The van der Waals surface area contributed by atoms with Gasteiger partial charge in [-0.25, -0.2) is 0 Å². The van der Waals surface area contributed by atoms with E-state index in [-0.39, 0.29) is 5.97 Å². The second-order valence-corrected chi connectivity index (χ2v) is 5.62. The van der Waals surface area contributed by atoms with E-state index in [0.29, 0.717) is 26.2 Å². The third-order valence-corrected chi connectivity index (χ3v) is 2.46. The molecule has 0 fully saturated rings. The minimum absolute atomic E-state index is 0.171. The highest BCUT2D eigenvalue weighted by Crippen LogP contribution is 2.07. The van der Waals surface area contributed by atoms with Crippen molar-refractivity contribution in [3.8, 4) is 0 Å². The lowest BCUT2D eigenvalue weighted by Gasteiger charge is -2.19. The SMILES string of the molecule is CC(C)(C)OC(=O)CCNCCOCc1ccccc1. The Hall–Kier alpha value is -1.39. The number of hydrogen-bond donors (Lipinski definition) is 1. The highest BCUT2D eigenvalue weighted by molar-refractivity contribution is 5.70. The molecule has 0 unspecified atom stereocenters. The van der Waals surface area contributed by atoms with Crippen LogP contribution < -0.4 is 5.32 Å². The van der Waals surface area contributed by atoms with Gasteiger partial charge < -0.3 is 14.8 Å². The lowest BCUT2D eigenvalue weighted by atomic mass is 10.2. The fourth-order valence-corrected chi connectivity index (χ4v) is 1.62. The fraction of sp³-hybridized carbons (Fsp3) is 0.562. The van der Waals surface area contributed by atoms with Crippen molar-refractivity contribution in [2.75, 3.05) is 19.7 Å². The molecule has 1 aromatic carbocycles. The number of hydrogen-bond acceptors (Lipinski definition) is 4. The molecule has 0 saturated heterocycles. The number of rotatable bonds is 8. The summed E-state index contributed by atoms with van der Waals surface area (Å²) in [7, 11) is 0. The summed E-state index contributed by atoms with van der Waals surface area (Å²) in [5.74, 6) is -0.171. The van der Waals surface area contributed by atoms with Gasteiger partial charge in [-0.2, -0.15) is 0 Å². The molecular formula is C16H25NO3. The Morgan fingerprint density at radius 1 is 1.15 bits per heavy atom. The van der Waals surface area contributed by atoms with Crippen LogP contribution in [0.2, 0.25) is 0 Å². The van der Waals surface area contributed by atoms with E-state index in [2.05, 4.69) is 5.32 Å². The number of nitrogens with one attached hydrogen (secondary N) is 1. The molecule has 0 aliphatic rings. The highest BCUT2D eigenvalue weighted by Gasteiger charge is 2.15. The normalized spacial score (nSPS) is 11.3. The lowest BCUT2D eigenvalue weighted by Crippen LogP contribution is -2.28. The molecule has 0 aromatic heterocycles. The second-order valence-electron chi connectivity index (χ2n) is 5.62. The van der Waals surface area contributed by atoms with Crippen LogP contribution in [-0.4, -0.2) is 31.3 Å². The molecule has 0 bridgehead atoms. The van der Waals surface area contributed by atoms with Crippen LogP contribution in [0, 0.1) is 0 Å². The van der Waals surface area contributed by atoms with Gasteiger partial charge in [-0.1, -0.05) is 30.3 Å². The van der Waals surface area contributed by atoms with Crippen molar-refractivity contribution >= 4 is 5.97 Å². The maximum absolute atomic E-state index is 11.4. The standard InChI is InChI=1S/C16H25NO3/c1-16(2,3)20-15(18)9-10-17-11-12-19-13-14-7-5-4-6-8-14/h4-8,17H,9-13H2,1-3H3. The number of benzene rings is 1. The van der Waals surface area contributed by atoms with Crippen LogP contribution in [0.4, 0.5) is 0 Å². The Bertz CT molecular complexity index is 384. The molecule has 112 valence electrons. The van der Waals surface area contributed by atoms with Crippen LogP contribution in [0.5, 0.6) is 0 Å². The molecule has 0 atom stereocenters. The largest absolute Gasteiger partial charge is 0.460 e. The molecule has 0 amide bonds. The van der Waals surface area contributed by atoms with E-state index in [0.717, 1.165) is 6.54 Å². The number of esters is 1. The van der Waals surface area contributed by atoms with Crippen LogP contribution in [0.1, 0.15) is 32.8 Å². The summed E-state index contributed by atoms with van der Waals surface area (Å²) >= 11 is 0. The Morgan fingerprint density at radius 3 is 2.50 bits per heavy atom. The summed E-state index contributed by atoms with van der Waals surface area (Å²) in [5.41, 5.74) is 0.761. The second kappa shape index (κ2) is 8.72. The van der Waals surface area contributed by atoms with Crippen molar-refractivity contribution in [1.29, 1.82) is 0 Å². The molecule has 4 heteroatoms. The first-order valence-corrected chi connectivity index (χ1v) is 7.01. The molecule has 0 saturated carbocycles. The smallest absolute Gasteiger partial charge is 0.307 e. The molecule has 0 heterocycles. The summed E-state index contributed by atoms with van der Waals surface area (Å²) in [6, 6.07) is 10.1. The first-order valence-electron chi connectivity index (χ1n) is 7.01. The van der Waals surface area contributed by atoms with Crippen LogP contribution in [0.3, 0.4) is 0 Å². The fourth-order valence-electron chi connectivity index (χ4n) is 1.62. The minimum Gasteiger partial charge on any atom is -0.460 e. The molecule has 0 spiro atoms. The molecular weight excluding hydrogens is 254 g/mol. The maximum atomic E-state index is 11.4. The topological polar surface area (TPSA) is 47.6 Å². The Kier molecular flexibility index (Phi) is 7.26. The molecule has 0 aliphatic heterocycles. The predicted molar refractivity (Wildman–Crippen MR) is 79.4 cm³/mol. The molecule has 1 rings (SSSR count). The van der Waals surface area contributed by atoms with E-state index in [1.54, 1.807) is 0 Å². The van der Waals surface area contributed by atoms with Crippen molar-refractivity contribution in [3.63, 3.8) is 0 Å².